The number of pyridine rings is 1. The number of hydrogen-bond donors (Lipinski definition) is 1. The fourth-order valence-corrected chi connectivity index (χ4v) is 2.94. The molecule has 3 nitrogen and oxygen atoms in total. The number of likely N-dealkylation sites (tertiary alicyclic amines) is 1. The van der Waals surface area contributed by atoms with Gasteiger partial charge in [-0.2, -0.15) is 0 Å². The van der Waals surface area contributed by atoms with Crippen molar-refractivity contribution >= 4 is 16.6 Å². The first-order chi connectivity index (χ1) is 9.55. The predicted molar refractivity (Wildman–Crippen MR) is 84.4 cm³/mol. The van der Waals surface area contributed by atoms with E-state index in [-0.39, 0.29) is 0 Å². The molecule has 3 heteroatoms. The van der Waals surface area contributed by atoms with Gasteiger partial charge in [0.25, 0.3) is 0 Å². The summed E-state index contributed by atoms with van der Waals surface area (Å²) in [6.45, 7) is 8.05. The van der Waals surface area contributed by atoms with Gasteiger partial charge in [-0.15, -0.1) is 0 Å². The van der Waals surface area contributed by atoms with Gasteiger partial charge in [0, 0.05) is 23.8 Å². The minimum Gasteiger partial charge on any atom is -0.398 e. The first kappa shape index (κ1) is 13.4. The van der Waals surface area contributed by atoms with Crippen LogP contribution in [-0.4, -0.2) is 23.0 Å². The molecule has 0 saturated carbocycles. The van der Waals surface area contributed by atoms with Gasteiger partial charge in [-0.25, -0.2) is 0 Å². The smallest absolute Gasteiger partial charge is 0.0767 e. The quantitative estimate of drug-likeness (QED) is 0.849. The van der Waals surface area contributed by atoms with E-state index in [2.05, 4.69) is 35.9 Å². The third-order valence-electron chi connectivity index (χ3n) is 4.49. The summed E-state index contributed by atoms with van der Waals surface area (Å²) in [5.74, 6) is 0. The Balaban J connectivity index is 1.83. The first-order valence-electron chi connectivity index (χ1n) is 7.40. The van der Waals surface area contributed by atoms with Crippen LogP contribution in [0.3, 0.4) is 0 Å². The summed E-state index contributed by atoms with van der Waals surface area (Å²) in [6, 6.07) is 8.14. The second-order valence-corrected chi connectivity index (χ2v) is 6.65. The van der Waals surface area contributed by atoms with Crippen molar-refractivity contribution in [1.82, 2.24) is 9.88 Å². The molecule has 1 fully saturated rings. The fourth-order valence-electron chi connectivity index (χ4n) is 2.94. The summed E-state index contributed by atoms with van der Waals surface area (Å²) >= 11 is 0. The van der Waals surface area contributed by atoms with Crippen LogP contribution in [-0.2, 0) is 6.54 Å². The van der Waals surface area contributed by atoms with Crippen molar-refractivity contribution in [2.75, 3.05) is 18.8 Å². The number of nitrogens with two attached hydrogens (primary N) is 1. The Morgan fingerprint density at radius 3 is 2.70 bits per heavy atom. The van der Waals surface area contributed by atoms with E-state index >= 15 is 0 Å². The van der Waals surface area contributed by atoms with E-state index in [1.54, 1.807) is 0 Å². The number of hydrogen-bond acceptors (Lipinski definition) is 3. The van der Waals surface area contributed by atoms with Crippen LogP contribution in [0.5, 0.6) is 0 Å². The molecular weight excluding hydrogens is 246 g/mol. The monoisotopic (exact) mass is 269 g/mol. The highest BCUT2D eigenvalue weighted by Crippen LogP contribution is 2.31. The van der Waals surface area contributed by atoms with Crippen LogP contribution < -0.4 is 5.73 Å². The van der Waals surface area contributed by atoms with Crippen molar-refractivity contribution < 1.29 is 0 Å². The first-order valence-corrected chi connectivity index (χ1v) is 7.40. The maximum Gasteiger partial charge on any atom is 0.0767 e. The Bertz CT molecular complexity index is 609. The van der Waals surface area contributed by atoms with Gasteiger partial charge in [-0.05, 0) is 55.1 Å². The van der Waals surface area contributed by atoms with Gasteiger partial charge in [-0.1, -0.05) is 19.9 Å². The summed E-state index contributed by atoms with van der Waals surface area (Å²) < 4.78 is 0. The summed E-state index contributed by atoms with van der Waals surface area (Å²) in [6.07, 6.45) is 4.39. The van der Waals surface area contributed by atoms with Crippen molar-refractivity contribution in [3.8, 4) is 0 Å². The van der Waals surface area contributed by atoms with Crippen molar-refractivity contribution in [3.63, 3.8) is 0 Å². The fraction of sp³-hybridized carbons (Fsp3) is 0.471. The van der Waals surface area contributed by atoms with E-state index in [4.69, 9.17) is 5.73 Å². The molecule has 0 unspecified atom stereocenters. The molecule has 106 valence electrons. The van der Waals surface area contributed by atoms with Crippen LogP contribution in [0.4, 0.5) is 5.69 Å². The lowest BCUT2D eigenvalue weighted by molar-refractivity contribution is 0.127. The van der Waals surface area contributed by atoms with Crippen LogP contribution in [0.25, 0.3) is 10.9 Å². The molecule has 0 radical (unpaired) electrons. The highest BCUT2D eigenvalue weighted by atomic mass is 15.1. The molecule has 0 aliphatic carbocycles. The van der Waals surface area contributed by atoms with Crippen molar-refractivity contribution in [2.24, 2.45) is 5.41 Å². The molecule has 0 spiro atoms. The lowest BCUT2D eigenvalue weighted by Crippen LogP contribution is -2.36. The molecule has 2 aromatic rings. The zero-order valence-electron chi connectivity index (χ0n) is 12.4. The second-order valence-electron chi connectivity index (χ2n) is 6.65. The molecule has 1 aromatic carbocycles. The third kappa shape index (κ3) is 2.63. The number of rotatable bonds is 2. The normalized spacial score (nSPS) is 19.3. The van der Waals surface area contributed by atoms with Gasteiger partial charge in [0.15, 0.2) is 0 Å². The van der Waals surface area contributed by atoms with Gasteiger partial charge in [-0.3, -0.25) is 9.88 Å². The van der Waals surface area contributed by atoms with Gasteiger partial charge >= 0.3 is 0 Å². The molecular formula is C17H23N3. The van der Waals surface area contributed by atoms with Crippen LogP contribution in [0.1, 0.15) is 32.3 Å². The Labute approximate surface area is 120 Å². The molecule has 1 saturated heterocycles. The topological polar surface area (TPSA) is 42.1 Å². The average Bonchev–Trinajstić information content (AvgIpc) is 2.44. The van der Waals surface area contributed by atoms with Crippen molar-refractivity contribution in [1.29, 1.82) is 0 Å². The molecule has 20 heavy (non-hydrogen) atoms. The maximum absolute atomic E-state index is 6.04. The molecule has 2 N–H and O–H groups in total. The molecule has 1 aliphatic heterocycles. The Morgan fingerprint density at radius 1 is 1.20 bits per heavy atom. The molecule has 1 aromatic heterocycles. The molecule has 0 atom stereocenters. The summed E-state index contributed by atoms with van der Waals surface area (Å²) in [5, 5.41) is 1.07. The molecule has 2 heterocycles. The predicted octanol–water partition coefficient (Wildman–Crippen LogP) is 3.44. The second kappa shape index (κ2) is 5.06. The Hall–Kier alpha value is -1.61. The summed E-state index contributed by atoms with van der Waals surface area (Å²) in [4.78, 5) is 7.06. The van der Waals surface area contributed by atoms with E-state index < -0.39 is 0 Å². The van der Waals surface area contributed by atoms with Crippen LogP contribution in [0, 0.1) is 5.41 Å². The van der Waals surface area contributed by atoms with E-state index in [0.29, 0.717) is 5.41 Å². The average molecular weight is 269 g/mol. The van der Waals surface area contributed by atoms with Gasteiger partial charge < -0.3 is 5.73 Å². The number of nitrogens with zero attached hydrogens (tertiary/aromatic N) is 2. The standard InChI is InChI=1S/C17H23N3/c1-17(2)7-10-20(11-8-17)12-13-5-6-15(18)14-4-3-9-19-16(13)14/h3-6,9H,7-8,10-12,18H2,1-2H3. The van der Waals surface area contributed by atoms with Gasteiger partial charge in [0.2, 0.25) is 0 Å². The maximum atomic E-state index is 6.04. The molecule has 1 aliphatic rings. The number of aromatic nitrogens is 1. The van der Waals surface area contributed by atoms with Crippen molar-refractivity contribution in [3.05, 3.63) is 36.0 Å². The van der Waals surface area contributed by atoms with Gasteiger partial charge in [0.1, 0.15) is 0 Å². The molecule has 3 rings (SSSR count). The molecule has 0 amide bonds. The van der Waals surface area contributed by atoms with Crippen LogP contribution in [0.2, 0.25) is 0 Å². The van der Waals surface area contributed by atoms with Crippen molar-refractivity contribution in [2.45, 2.75) is 33.2 Å². The Kier molecular flexibility index (Phi) is 3.38. The van der Waals surface area contributed by atoms with E-state index in [1.165, 1.54) is 31.5 Å². The lowest BCUT2D eigenvalue weighted by atomic mass is 9.82. The number of fused-ring (bicyclic) bond motifs is 1. The number of nitrogen functional groups attached to an aromatic ring is 1. The minimum atomic E-state index is 0.498. The van der Waals surface area contributed by atoms with E-state index in [9.17, 15) is 0 Å². The SMILES string of the molecule is CC1(C)CCN(Cc2ccc(N)c3cccnc23)CC1. The zero-order valence-corrected chi connectivity index (χ0v) is 12.4. The summed E-state index contributed by atoms with van der Waals surface area (Å²) in [7, 11) is 0. The van der Waals surface area contributed by atoms with Gasteiger partial charge in [0.05, 0.1) is 5.52 Å². The number of anilines is 1. The summed E-state index contributed by atoms with van der Waals surface area (Å²) in [5.41, 5.74) is 9.69. The van der Waals surface area contributed by atoms with E-state index in [1.807, 2.05) is 18.3 Å². The highest BCUT2D eigenvalue weighted by Gasteiger charge is 2.25. The highest BCUT2D eigenvalue weighted by molar-refractivity contribution is 5.92. The lowest BCUT2D eigenvalue weighted by Gasteiger charge is -2.37. The number of benzene rings is 1. The van der Waals surface area contributed by atoms with Crippen LogP contribution in [0.15, 0.2) is 30.5 Å². The number of piperidine rings is 1. The minimum absolute atomic E-state index is 0.498. The van der Waals surface area contributed by atoms with E-state index in [0.717, 1.165) is 23.1 Å². The molecule has 0 bridgehead atoms. The zero-order chi connectivity index (χ0) is 14.2. The van der Waals surface area contributed by atoms with Crippen LogP contribution >= 0.6 is 0 Å². The Morgan fingerprint density at radius 2 is 1.95 bits per heavy atom. The third-order valence-corrected chi connectivity index (χ3v) is 4.49. The largest absolute Gasteiger partial charge is 0.398 e.